The molecule has 0 aliphatic rings. The second-order valence-electron chi connectivity index (χ2n) is 3.46. The smallest absolute Gasteiger partial charge is 0.142 e. The summed E-state index contributed by atoms with van der Waals surface area (Å²) in [5.74, 6) is 0.784. The third kappa shape index (κ3) is 3.32. The van der Waals surface area contributed by atoms with Crippen molar-refractivity contribution in [2.24, 2.45) is 0 Å². The summed E-state index contributed by atoms with van der Waals surface area (Å²) in [5, 5.41) is 3.27. The van der Waals surface area contributed by atoms with Crippen molar-refractivity contribution in [3.05, 3.63) is 18.2 Å². The van der Waals surface area contributed by atoms with Crippen molar-refractivity contribution in [1.82, 2.24) is 0 Å². The van der Waals surface area contributed by atoms with Crippen LogP contribution < -0.4 is 15.8 Å². The molecule has 3 N–H and O–H groups in total. The summed E-state index contributed by atoms with van der Waals surface area (Å²) in [6, 6.07) is 5.72. The van der Waals surface area contributed by atoms with Gasteiger partial charge in [-0.25, -0.2) is 0 Å². The average Bonchev–Trinajstić information content (AvgIpc) is 2.18. The number of hydrogen-bond acceptors (Lipinski definition) is 4. The molecule has 84 valence electrons. The first-order chi connectivity index (χ1) is 7.17. The second-order valence-corrected chi connectivity index (χ2v) is 3.46. The van der Waals surface area contributed by atoms with E-state index < -0.39 is 0 Å². The molecule has 0 radical (unpaired) electrons. The maximum absolute atomic E-state index is 5.71. The minimum atomic E-state index is 0.214. The van der Waals surface area contributed by atoms with Crippen LogP contribution >= 0.6 is 0 Å². The summed E-state index contributed by atoms with van der Waals surface area (Å²) in [6.07, 6.45) is 0. The molecule has 4 nitrogen and oxygen atoms in total. The zero-order valence-electron chi connectivity index (χ0n) is 9.41. The standard InChI is InChI=1S/C11H18N2O2/c1-8(7-14-2)13-10-6-9(12)4-5-11(10)15-3/h4-6,8,13H,7,12H2,1-3H3. The number of benzene rings is 1. The van der Waals surface area contributed by atoms with E-state index in [0.717, 1.165) is 11.4 Å². The summed E-state index contributed by atoms with van der Waals surface area (Å²) in [6.45, 7) is 2.67. The quantitative estimate of drug-likeness (QED) is 0.727. The molecule has 0 saturated heterocycles. The molecule has 0 spiro atoms. The number of hydrogen-bond donors (Lipinski definition) is 2. The largest absolute Gasteiger partial charge is 0.495 e. The molecule has 0 fully saturated rings. The van der Waals surface area contributed by atoms with Crippen molar-refractivity contribution >= 4 is 11.4 Å². The fourth-order valence-corrected chi connectivity index (χ4v) is 1.40. The molecule has 15 heavy (non-hydrogen) atoms. The van der Waals surface area contributed by atoms with Crippen LogP contribution in [-0.4, -0.2) is 26.9 Å². The van der Waals surface area contributed by atoms with Gasteiger partial charge in [-0.3, -0.25) is 0 Å². The van der Waals surface area contributed by atoms with E-state index in [0.29, 0.717) is 12.3 Å². The lowest BCUT2D eigenvalue weighted by atomic mass is 10.2. The third-order valence-electron chi connectivity index (χ3n) is 2.04. The molecule has 0 bridgehead atoms. The van der Waals surface area contributed by atoms with Gasteiger partial charge in [0, 0.05) is 18.8 Å². The number of nitrogen functional groups attached to an aromatic ring is 1. The van der Waals surface area contributed by atoms with Crippen LogP contribution in [0.15, 0.2) is 18.2 Å². The Kier molecular flexibility index (Phi) is 4.24. The van der Waals surface area contributed by atoms with E-state index in [1.54, 1.807) is 14.2 Å². The number of anilines is 2. The topological polar surface area (TPSA) is 56.5 Å². The first-order valence-electron chi connectivity index (χ1n) is 4.86. The SMILES string of the molecule is COCC(C)Nc1cc(N)ccc1OC. The zero-order valence-corrected chi connectivity index (χ0v) is 9.41. The van der Waals surface area contributed by atoms with Crippen LogP contribution in [0.3, 0.4) is 0 Å². The highest BCUT2D eigenvalue weighted by Crippen LogP contribution is 2.26. The molecule has 4 heteroatoms. The first-order valence-corrected chi connectivity index (χ1v) is 4.86. The normalized spacial score (nSPS) is 12.2. The number of methoxy groups -OCH3 is 2. The Morgan fingerprint density at radius 3 is 2.73 bits per heavy atom. The van der Waals surface area contributed by atoms with Crippen molar-refractivity contribution in [2.75, 3.05) is 31.9 Å². The molecular formula is C11H18N2O2. The molecule has 0 aliphatic carbocycles. The molecule has 1 unspecified atom stereocenters. The number of nitrogens with one attached hydrogen (secondary N) is 1. The fraction of sp³-hybridized carbons (Fsp3) is 0.455. The van der Waals surface area contributed by atoms with E-state index in [1.165, 1.54) is 0 Å². The molecule has 0 amide bonds. The Bertz CT molecular complexity index is 315. The van der Waals surface area contributed by atoms with Crippen molar-refractivity contribution in [3.8, 4) is 5.75 Å². The van der Waals surface area contributed by atoms with E-state index in [2.05, 4.69) is 5.32 Å². The maximum Gasteiger partial charge on any atom is 0.142 e. The second kappa shape index (κ2) is 5.46. The minimum absolute atomic E-state index is 0.214. The molecule has 0 saturated carbocycles. The van der Waals surface area contributed by atoms with Crippen LogP contribution in [0.25, 0.3) is 0 Å². The highest BCUT2D eigenvalue weighted by atomic mass is 16.5. The van der Waals surface area contributed by atoms with Gasteiger partial charge < -0.3 is 20.5 Å². The highest BCUT2D eigenvalue weighted by Gasteiger charge is 2.06. The van der Waals surface area contributed by atoms with E-state index in [-0.39, 0.29) is 6.04 Å². The van der Waals surface area contributed by atoms with Crippen molar-refractivity contribution in [3.63, 3.8) is 0 Å². The Morgan fingerprint density at radius 2 is 2.13 bits per heavy atom. The van der Waals surface area contributed by atoms with E-state index in [4.69, 9.17) is 15.2 Å². The first kappa shape index (κ1) is 11.7. The van der Waals surface area contributed by atoms with E-state index >= 15 is 0 Å². The van der Waals surface area contributed by atoms with Gasteiger partial charge in [0.2, 0.25) is 0 Å². The Labute approximate surface area is 90.4 Å². The number of nitrogens with two attached hydrogens (primary N) is 1. The van der Waals surface area contributed by atoms with Crippen molar-refractivity contribution in [2.45, 2.75) is 13.0 Å². The van der Waals surface area contributed by atoms with Gasteiger partial charge in [-0.2, -0.15) is 0 Å². The molecule has 1 atom stereocenters. The molecule has 1 aromatic rings. The van der Waals surface area contributed by atoms with Crippen molar-refractivity contribution < 1.29 is 9.47 Å². The summed E-state index contributed by atoms with van der Waals surface area (Å²) in [4.78, 5) is 0. The van der Waals surface area contributed by atoms with Crippen LogP contribution in [0.5, 0.6) is 5.75 Å². The lowest BCUT2D eigenvalue weighted by Gasteiger charge is -2.17. The highest BCUT2D eigenvalue weighted by molar-refractivity contribution is 5.63. The van der Waals surface area contributed by atoms with Gasteiger partial charge in [-0.15, -0.1) is 0 Å². The van der Waals surface area contributed by atoms with Crippen LogP contribution in [-0.2, 0) is 4.74 Å². The van der Waals surface area contributed by atoms with Crippen molar-refractivity contribution in [1.29, 1.82) is 0 Å². The molecule has 0 aliphatic heterocycles. The Hall–Kier alpha value is -1.42. The third-order valence-corrected chi connectivity index (χ3v) is 2.04. The minimum Gasteiger partial charge on any atom is -0.495 e. The van der Waals surface area contributed by atoms with E-state index in [1.807, 2.05) is 25.1 Å². The average molecular weight is 210 g/mol. The summed E-state index contributed by atoms with van der Waals surface area (Å²) >= 11 is 0. The number of rotatable bonds is 5. The van der Waals surface area contributed by atoms with Gasteiger partial charge in [-0.1, -0.05) is 0 Å². The molecule has 0 heterocycles. The fourth-order valence-electron chi connectivity index (χ4n) is 1.40. The van der Waals surface area contributed by atoms with Gasteiger partial charge in [0.05, 0.1) is 19.4 Å². The predicted octanol–water partition coefficient (Wildman–Crippen LogP) is 1.72. The molecule has 1 aromatic carbocycles. The van der Waals surface area contributed by atoms with E-state index in [9.17, 15) is 0 Å². The van der Waals surface area contributed by atoms with Gasteiger partial charge in [0.25, 0.3) is 0 Å². The molecule has 1 rings (SSSR count). The van der Waals surface area contributed by atoms with Gasteiger partial charge in [-0.05, 0) is 25.1 Å². The molecular weight excluding hydrogens is 192 g/mol. The summed E-state index contributed by atoms with van der Waals surface area (Å²) in [5.41, 5.74) is 7.31. The monoisotopic (exact) mass is 210 g/mol. The van der Waals surface area contributed by atoms with Crippen LogP contribution in [0, 0.1) is 0 Å². The maximum atomic E-state index is 5.71. The van der Waals surface area contributed by atoms with Crippen LogP contribution in [0.4, 0.5) is 11.4 Å². The van der Waals surface area contributed by atoms with Gasteiger partial charge in [0.15, 0.2) is 0 Å². The molecule has 0 aromatic heterocycles. The summed E-state index contributed by atoms with van der Waals surface area (Å²) in [7, 11) is 3.31. The lowest BCUT2D eigenvalue weighted by molar-refractivity contribution is 0.190. The van der Waals surface area contributed by atoms with Gasteiger partial charge in [0.1, 0.15) is 5.75 Å². The van der Waals surface area contributed by atoms with Crippen LogP contribution in [0.1, 0.15) is 6.92 Å². The van der Waals surface area contributed by atoms with Crippen LogP contribution in [0.2, 0.25) is 0 Å². The summed E-state index contributed by atoms with van der Waals surface area (Å²) < 4.78 is 10.3. The zero-order chi connectivity index (χ0) is 11.3. The number of ether oxygens (including phenoxy) is 2. The Morgan fingerprint density at radius 1 is 1.40 bits per heavy atom. The van der Waals surface area contributed by atoms with Gasteiger partial charge >= 0.3 is 0 Å². The lowest BCUT2D eigenvalue weighted by Crippen LogP contribution is -2.21. The Balaban J connectivity index is 2.77. The predicted molar refractivity (Wildman–Crippen MR) is 62.4 cm³/mol.